The van der Waals surface area contributed by atoms with Crippen molar-refractivity contribution in [2.45, 2.75) is 29.8 Å². The molecule has 144 valence electrons. The molecule has 0 atom stereocenters. The summed E-state index contributed by atoms with van der Waals surface area (Å²) in [5.74, 6) is 10.3. The molecule has 2 nitrogen and oxygen atoms in total. The van der Waals surface area contributed by atoms with Crippen molar-refractivity contribution in [1.82, 2.24) is 4.90 Å². The first-order valence-corrected chi connectivity index (χ1v) is 12.5. The number of hydrogen-bond donors (Lipinski definition) is 0. The molecule has 0 radical (unpaired) electrons. The monoisotopic (exact) mass is 419 g/mol. The standard InChI is InChI=1S/C22H26ClNOS2/c1-7-26-22-9-8-18(27(4,5)6)12-19(22)15(2)24-13-16-10-20(23)21(25-3)11-17(16)14-24/h8-12H,2,4-5,7,13-14H2,1,3,6H3. The Morgan fingerprint density at radius 2 is 1.89 bits per heavy atom. The van der Waals surface area contributed by atoms with E-state index in [1.807, 2.05) is 23.9 Å². The van der Waals surface area contributed by atoms with Gasteiger partial charge in [-0.3, -0.25) is 0 Å². The van der Waals surface area contributed by atoms with Crippen LogP contribution in [0.15, 0.2) is 46.7 Å². The van der Waals surface area contributed by atoms with Gasteiger partial charge in [0, 0.05) is 29.2 Å². The molecular formula is C22H26ClNOS2. The molecular weight excluding hydrogens is 394 g/mol. The Labute approximate surface area is 172 Å². The molecule has 2 aromatic rings. The van der Waals surface area contributed by atoms with Crippen molar-refractivity contribution in [2.75, 3.05) is 19.1 Å². The predicted octanol–water partition coefficient (Wildman–Crippen LogP) is 6.10. The molecule has 0 amide bonds. The van der Waals surface area contributed by atoms with Crippen LogP contribution in [0.5, 0.6) is 5.75 Å². The lowest BCUT2D eigenvalue weighted by Gasteiger charge is -2.24. The molecule has 0 saturated carbocycles. The number of benzene rings is 2. The minimum absolute atomic E-state index is 0.654. The summed E-state index contributed by atoms with van der Waals surface area (Å²) in [6.07, 6.45) is 2.11. The summed E-state index contributed by atoms with van der Waals surface area (Å²) in [6, 6.07) is 10.6. The van der Waals surface area contributed by atoms with Crippen molar-refractivity contribution in [1.29, 1.82) is 0 Å². The predicted molar refractivity (Wildman–Crippen MR) is 125 cm³/mol. The molecule has 1 aliphatic rings. The van der Waals surface area contributed by atoms with Crippen LogP contribution < -0.4 is 4.74 Å². The van der Waals surface area contributed by atoms with Crippen molar-refractivity contribution in [3.05, 3.63) is 58.6 Å². The Morgan fingerprint density at radius 3 is 2.48 bits per heavy atom. The van der Waals surface area contributed by atoms with Gasteiger partial charge in [-0.15, -0.1) is 11.8 Å². The molecule has 0 spiro atoms. The fourth-order valence-electron chi connectivity index (χ4n) is 3.24. The highest BCUT2D eigenvalue weighted by Crippen LogP contribution is 2.40. The largest absolute Gasteiger partial charge is 0.495 e. The molecule has 0 bridgehead atoms. The van der Waals surface area contributed by atoms with Crippen LogP contribution >= 0.6 is 32.6 Å². The van der Waals surface area contributed by atoms with Crippen LogP contribution in [0.1, 0.15) is 23.6 Å². The Kier molecular flexibility index (Phi) is 5.90. The van der Waals surface area contributed by atoms with Crippen LogP contribution in [-0.2, 0) is 13.1 Å². The van der Waals surface area contributed by atoms with Crippen LogP contribution in [0.4, 0.5) is 0 Å². The lowest BCUT2D eigenvalue weighted by atomic mass is 10.1. The Hall–Kier alpha value is -1.49. The first kappa shape index (κ1) is 20.2. The molecule has 0 aliphatic carbocycles. The molecule has 0 aromatic heterocycles. The number of ether oxygens (including phenoxy) is 1. The Balaban J connectivity index is 1.96. The van der Waals surface area contributed by atoms with E-state index in [4.69, 9.17) is 16.3 Å². The SMILES string of the molecule is C=C(c1cc(S(=C)(=C)C)ccc1SCC)N1Cc2cc(Cl)c(OC)cc2C1. The highest BCUT2D eigenvalue weighted by molar-refractivity contribution is 8.27. The maximum Gasteiger partial charge on any atom is 0.137 e. The van der Waals surface area contributed by atoms with E-state index in [0.29, 0.717) is 5.02 Å². The Morgan fingerprint density at radius 1 is 1.22 bits per heavy atom. The quantitative estimate of drug-likeness (QED) is 0.414. The van der Waals surface area contributed by atoms with Crippen molar-refractivity contribution in [2.24, 2.45) is 0 Å². The van der Waals surface area contributed by atoms with Crippen molar-refractivity contribution in [3.8, 4) is 5.75 Å². The van der Waals surface area contributed by atoms with E-state index in [1.165, 1.54) is 26.5 Å². The Bertz CT molecular complexity index is 996. The van der Waals surface area contributed by atoms with Gasteiger partial charge >= 0.3 is 0 Å². The summed E-state index contributed by atoms with van der Waals surface area (Å²) >= 11 is 8.15. The summed E-state index contributed by atoms with van der Waals surface area (Å²) in [5.41, 5.74) is 4.68. The first-order chi connectivity index (χ1) is 12.7. The molecule has 1 heterocycles. The lowest BCUT2D eigenvalue weighted by molar-refractivity contribution is 0.412. The maximum absolute atomic E-state index is 6.31. The lowest BCUT2D eigenvalue weighted by Crippen LogP contribution is -2.14. The molecule has 0 unspecified atom stereocenters. The summed E-state index contributed by atoms with van der Waals surface area (Å²) < 4.78 is 5.37. The zero-order chi connectivity index (χ0) is 19.8. The molecule has 27 heavy (non-hydrogen) atoms. The van der Waals surface area contributed by atoms with Crippen molar-refractivity contribution < 1.29 is 4.74 Å². The topological polar surface area (TPSA) is 12.5 Å². The van der Waals surface area contributed by atoms with Gasteiger partial charge in [-0.25, -0.2) is 0 Å². The second-order valence-electron chi connectivity index (χ2n) is 6.92. The third-order valence-electron chi connectivity index (χ3n) is 4.71. The van der Waals surface area contributed by atoms with E-state index in [0.717, 1.165) is 30.3 Å². The number of methoxy groups -OCH3 is 1. The highest BCUT2D eigenvalue weighted by atomic mass is 35.5. The summed E-state index contributed by atoms with van der Waals surface area (Å²) in [7, 11) is 0.364. The van der Waals surface area contributed by atoms with E-state index in [2.05, 4.69) is 54.6 Å². The van der Waals surface area contributed by atoms with Gasteiger partial charge in [-0.1, -0.05) is 36.8 Å². The fourth-order valence-corrected chi connectivity index (χ4v) is 5.11. The molecule has 1 aliphatic heterocycles. The molecule has 0 N–H and O–H groups in total. The van der Waals surface area contributed by atoms with Crippen LogP contribution in [0.25, 0.3) is 5.70 Å². The molecule has 2 aromatic carbocycles. The fraction of sp³-hybridized carbons (Fsp3) is 0.273. The van der Waals surface area contributed by atoms with Crippen LogP contribution in [0.2, 0.25) is 5.02 Å². The summed E-state index contributed by atoms with van der Waals surface area (Å²) in [5, 5.41) is 0.654. The second kappa shape index (κ2) is 7.86. The summed E-state index contributed by atoms with van der Waals surface area (Å²) in [4.78, 5) is 4.75. The van der Waals surface area contributed by atoms with Gasteiger partial charge in [0.2, 0.25) is 0 Å². The second-order valence-corrected chi connectivity index (χ2v) is 11.7. The van der Waals surface area contributed by atoms with Gasteiger partial charge in [0.1, 0.15) is 5.75 Å². The third kappa shape index (κ3) is 4.18. The zero-order valence-corrected chi connectivity index (χ0v) is 18.6. The third-order valence-corrected chi connectivity index (χ3v) is 7.35. The average molecular weight is 420 g/mol. The van der Waals surface area contributed by atoms with E-state index in [1.54, 1.807) is 7.11 Å². The zero-order valence-electron chi connectivity index (χ0n) is 16.2. The molecule has 0 fully saturated rings. The van der Waals surface area contributed by atoms with Gasteiger partial charge in [0.05, 0.1) is 12.1 Å². The van der Waals surface area contributed by atoms with Gasteiger partial charge in [0.25, 0.3) is 0 Å². The molecule has 5 heteroatoms. The normalized spacial score (nSPS) is 13.6. The van der Waals surface area contributed by atoms with E-state index >= 15 is 0 Å². The van der Waals surface area contributed by atoms with Gasteiger partial charge in [-0.05, 0) is 58.4 Å². The van der Waals surface area contributed by atoms with Crippen LogP contribution in [0, 0.1) is 0 Å². The number of nitrogens with zero attached hydrogens (tertiary/aromatic N) is 1. The van der Waals surface area contributed by atoms with Gasteiger partial charge in [0.15, 0.2) is 0 Å². The van der Waals surface area contributed by atoms with Crippen molar-refractivity contribution >= 4 is 50.0 Å². The average Bonchev–Trinajstić information content (AvgIpc) is 3.02. The maximum atomic E-state index is 6.31. The van der Waals surface area contributed by atoms with E-state index < -0.39 is 9.21 Å². The molecule has 3 rings (SSSR count). The van der Waals surface area contributed by atoms with E-state index in [-0.39, 0.29) is 0 Å². The van der Waals surface area contributed by atoms with Crippen molar-refractivity contribution in [3.63, 3.8) is 0 Å². The van der Waals surface area contributed by atoms with Crippen LogP contribution in [-0.4, -0.2) is 35.8 Å². The number of fused-ring (bicyclic) bond motifs is 1. The minimum Gasteiger partial charge on any atom is -0.495 e. The molecule has 0 saturated heterocycles. The summed E-state index contributed by atoms with van der Waals surface area (Å²) in [6.45, 7) is 8.22. The number of rotatable bonds is 6. The first-order valence-electron chi connectivity index (χ1n) is 8.75. The van der Waals surface area contributed by atoms with Gasteiger partial charge < -0.3 is 9.64 Å². The number of hydrogen-bond acceptors (Lipinski definition) is 3. The minimum atomic E-state index is -1.29. The number of halogens is 1. The van der Waals surface area contributed by atoms with Crippen LogP contribution in [0.3, 0.4) is 0 Å². The highest BCUT2D eigenvalue weighted by Gasteiger charge is 2.24. The number of thioether (sulfide) groups is 1. The van der Waals surface area contributed by atoms with Gasteiger partial charge in [-0.2, -0.15) is 9.21 Å². The van der Waals surface area contributed by atoms with E-state index in [9.17, 15) is 0 Å². The smallest absolute Gasteiger partial charge is 0.137 e.